The SMILES string of the molecule is CCCCNC(=O)[C@@H](C)N(Cc1ccccc1Cl)C(=O)CN(c1ccc([N+](=O)[O-])cc1)S(=O)(=O)c1ccccc1. The number of nitrogens with one attached hydrogen (secondary N) is 1. The molecule has 0 aromatic heterocycles. The van der Waals surface area contributed by atoms with Crippen LogP contribution in [0.4, 0.5) is 11.4 Å². The van der Waals surface area contributed by atoms with Crippen LogP contribution >= 0.6 is 11.6 Å². The summed E-state index contributed by atoms with van der Waals surface area (Å²) < 4.78 is 28.3. The van der Waals surface area contributed by atoms with Gasteiger partial charge in [-0.15, -0.1) is 0 Å². The molecule has 12 heteroatoms. The average molecular weight is 587 g/mol. The number of nitrogens with zero attached hydrogens (tertiary/aromatic N) is 3. The van der Waals surface area contributed by atoms with E-state index in [1.807, 2.05) is 6.92 Å². The van der Waals surface area contributed by atoms with Gasteiger partial charge in [-0.25, -0.2) is 8.42 Å². The minimum atomic E-state index is -4.27. The normalized spacial score (nSPS) is 11.9. The smallest absolute Gasteiger partial charge is 0.269 e. The first-order valence-corrected chi connectivity index (χ1v) is 14.5. The Labute approximate surface area is 238 Å². The van der Waals surface area contributed by atoms with Crippen molar-refractivity contribution < 1.29 is 22.9 Å². The summed E-state index contributed by atoms with van der Waals surface area (Å²) in [5.41, 5.74) is 0.406. The topological polar surface area (TPSA) is 130 Å². The Balaban J connectivity index is 2.02. The van der Waals surface area contributed by atoms with E-state index in [2.05, 4.69) is 5.32 Å². The molecule has 3 aromatic carbocycles. The highest BCUT2D eigenvalue weighted by atomic mass is 35.5. The number of nitro groups is 1. The number of hydrogen-bond acceptors (Lipinski definition) is 6. The summed E-state index contributed by atoms with van der Waals surface area (Å²) in [6, 6.07) is 18.3. The number of nitro benzene ring substituents is 1. The molecule has 2 amide bonds. The first kappa shape index (κ1) is 30.6. The Kier molecular flexibility index (Phi) is 10.6. The molecule has 212 valence electrons. The van der Waals surface area contributed by atoms with Gasteiger partial charge < -0.3 is 10.2 Å². The fraction of sp³-hybridized carbons (Fsp3) is 0.286. The van der Waals surface area contributed by atoms with Gasteiger partial charge >= 0.3 is 0 Å². The van der Waals surface area contributed by atoms with Gasteiger partial charge in [0.25, 0.3) is 15.7 Å². The van der Waals surface area contributed by atoms with Crippen LogP contribution in [-0.4, -0.2) is 49.2 Å². The molecule has 0 fully saturated rings. The molecule has 0 heterocycles. The standard InChI is InChI=1S/C28H31ClN4O6S/c1-3-4-18-30-28(35)21(2)31(19-22-10-8-9-13-26(22)29)27(34)20-32(23-14-16-24(17-15-23)33(36)37)40(38,39)25-11-6-5-7-12-25/h5-17,21H,3-4,18-20H2,1-2H3,(H,30,35)/t21-/m1/s1. The van der Waals surface area contributed by atoms with Crippen LogP contribution in [0.5, 0.6) is 0 Å². The molecule has 0 radical (unpaired) electrons. The highest BCUT2D eigenvalue weighted by molar-refractivity contribution is 7.92. The Hall–Kier alpha value is -3.96. The van der Waals surface area contributed by atoms with Crippen molar-refractivity contribution in [3.63, 3.8) is 0 Å². The van der Waals surface area contributed by atoms with Gasteiger partial charge in [-0.2, -0.15) is 0 Å². The van der Waals surface area contributed by atoms with Crippen molar-refractivity contribution in [2.75, 3.05) is 17.4 Å². The first-order chi connectivity index (χ1) is 19.1. The zero-order valence-corrected chi connectivity index (χ0v) is 23.8. The van der Waals surface area contributed by atoms with Crippen LogP contribution in [0.3, 0.4) is 0 Å². The average Bonchev–Trinajstić information content (AvgIpc) is 2.95. The molecule has 0 saturated carbocycles. The number of sulfonamides is 1. The molecule has 10 nitrogen and oxygen atoms in total. The summed E-state index contributed by atoms with van der Waals surface area (Å²) in [6.07, 6.45) is 1.64. The largest absolute Gasteiger partial charge is 0.354 e. The van der Waals surface area contributed by atoms with Crippen LogP contribution in [0.25, 0.3) is 0 Å². The molecule has 0 unspecified atom stereocenters. The van der Waals surface area contributed by atoms with Crippen LogP contribution < -0.4 is 9.62 Å². The van der Waals surface area contributed by atoms with Gasteiger partial charge in [-0.05, 0) is 49.2 Å². The fourth-order valence-corrected chi connectivity index (χ4v) is 5.55. The van der Waals surface area contributed by atoms with Gasteiger partial charge in [0.2, 0.25) is 11.8 Å². The van der Waals surface area contributed by atoms with E-state index in [0.717, 1.165) is 17.1 Å². The molecule has 3 rings (SSSR count). The second-order valence-corrected chi connectivity index (χ2v) is 11.3. The number of rotatable bonds is 13. The molecular weight excluding hydrogens is 556 g/mol. The third kappa shape index (κ3) is 7.57. The molecule has 0 aliphatic rings. The maximum atomic E-state index is 13.9. The van der Waals surface area contributed by atoms with E-state index < -0.39 is 33.4 Å². The Bertz CT molecular complexity index is 1430. The molecule has 0 spiro atoms. The Morgan fingerprint density at radius 1 is 1.00 bits per heavy atom. The van der Waals surface area contributed by atoms with Crippen molar-refractivity contribution in [3.8, 4) is 0 Å². The fourth-order valence-electron chi connectivity index (χ4n) is 3.92. The highest BCUT2D eigenvalue weighted by Gasteiger charge is 2.32. The molecule has 1 N–H and O–H groups in total. The third-order valence-corrected chi connectivity index (χ3v) is 8.41. The first-order valence-electron chi connectivity index (χ1n) is 12.7. The lowest BCUT2D eigenvalue weighted by Gasteiger charge is -2.32. The van der Waals surface area contributed by atoms with Crippen molar-refractivity contribution in [1.29, 1.82) is 0 Å². The predicted octanol–water partition coefficient (Wildman–Crippen LogP) is 4.78. The molecule has 0 saturated heterocycles. The minimum absolute atomic E-state index is 0.0413. The van der Waals surface area contributed by atoms with Crippen LogP contribution in [0.15, 0.2) is 83.8 Å². The van der Waals surface area contributed by atoms with Gasteiger partial charge in [-0.3, -0.25) is 24.0 Å². The number of anilines is 1. The quantitative estimate of drug-likeness (QED) is 0.174. The summed E-state index contributed by atoms with van der Waals surface area (Å²) >= 11 is 6.35. The van der Waals surface area contributed by atoms with Crippen LogP contribution in [0, 0.1) is 10.1 Å². The molecule has 0 bridgehead atoms. The summed E-state index contributed by atoms with van der Waals surface area (Å²) in [6.45, 7) is 3.29. The lowest BCUT2D eigenvalue weighted by Crippen LogP contribution is -2.51. The van der Waals surface area contributed by atoms with Gasteiger partial charge in [-0.1, -0.05) is 61.3 Å². The van der Waals surface area contributed by atoms with Crippen molar-refractivity contribution in [2.45, 2.75) is 44.2 Å². The van der Waals surface area contributed by atoms with Crippen LogP contribution in [-0.2, 0) is 26.2 Å². The molecular formula is C28H31ClN4O6S. The maximum absolute atomic E-state index is 13.9. The number of amides is 2. The minimum Gasteiger partial charge on any atom is -0.354 e. The molecule has 0 aliphatic carbocycles. The van der Waals surface area contributed by atoms with Gasteiger partial charge in [0.1, 0.15) is 12.6 Å². The summed E-state index contributed by atoms with van der Waals surface area (Å²) in [4.78, 5) is 38.6. The number of benzene rings is 3. The van der Waals surface area contributed by atoms with Crippen molar-refractivity contribution in [2.24, 2.45) is 0 Å². The maximum Gasteiger partial charge on any atom is 0.269 e. The number of non-ortho nitro benzene ring substituents is 1. The summed E-state index contributed by atoms with van der Waals surface area (Å²) in [5.74, 6) is -1.04. The number of halogens is 1. The van der Waals surface area contributed by atoms with Gasteiger partial charge in [0.15, 0.2) is 0 Å². The second kappa shape index (κ2) is 13.9. The summed E-state index contributed by atoms with van der Waals surface area (Å²) in [7, 11) is -4.27. The van der Waals surface area contributed by atoms with E-state index in [9.17, 15) is 28.1 Å². The van der Waals surface area contributed by atoms with E-state index in [4.69, 9.17) is 11.6 Å². The molecule has 40 heavy (non-hydrogen) atoms. The molecule has 0 aliphatic heterocycles. The second-order valence-electron chi connectivity index (χ2n) is 9.03. The molecule has 1 atom stereocenters. The van der Waals surface area contributed by atoms with Gasteiger partial charge in [0, 0.05) is 30.2 Å². The predicted molar refractivity (Wildman–Crippen MR) is 153 cm³/mol. The monoisotopic (exact) mass is 586 g/mol. The van der Waals surface area contributed by atoms with Crippen LogP contribution in [0.2, 0.25) is 5.02 Å². The van der Waals surface area contributed by atoms with Crippen LogP contribution in [0.1, 0.15) is 32.3 Å². The lowest BCUT2D eigenvalue weighted by atomic mass is 10.1. The van der Waals surface area contributed by atoms with Crippen molar-refractivity contribution in [1.82, 2.24) is 10.2 Å². The zero-order chi connectivity index (χ0) is 29.3. The number of hydrogen-bond donors (Lipinski definition) is 1. The Morgan fingerprint density at radius 3 is 2.23 bits per heavy atom. The van der Waals surface area contributed by atoms with Gasteiger partial charge in [0.05, 0.1) is 15.5 Å². The Morgan fingerprint density at radius 2 is 1.62 bits per heavy atom. The highest BCUT2D eigenvalue weighted by Crippen LogP contribution is 2.27. The van der Waals surface area contributed by atoms with E-state index in [1.165, 1.54) is 41.3 Å². The zero-order valence-electron chi connectivity index (χ0n) is 22.2. The summed E-state index contributed by atoms with van der Waals surface area (Å²) in [5, 5.41) is 14.4. The van der Waals surface area contributed by atoms with E-state index in [-0.39, 0.29) is 28.7 Å². The third-order valence-electron chi connectivity index (χ3n) is 6.25. The van der Waals surface area contributed by atoms with Crippen molar-refractivity contribution >= 4 is 44.8 Å². The number of carbonyl (C=O) groups excluding carboxylic acids is 2. The van der Waals surface area contributed by atoms with E-state index >= 15 is 0 Å². The molecule has 3 aromatic rings. The number of unbranched alkanes of at least 4 members (excludes halogenated alkanes) is 1. The number of carbonyl (C=O) groups is 2. The van der Waals surface area contributed by atoms with E-state index in [0.29, 0.717) is 17.1 Å². The lowest BCUT2D eigenvalue weighted by molar-refractivity contribution is -0.384. The van der Waals surface area contributed by atoms with Crippen molar-refractivity contribution in [3.05, 3.63) is 99.6 Å². The van der Waals surface area contributed by atoms with E-state index in [1.54, 1.807) is 49.4 Å².